The number of rotatable bonds is 10. The van der Waals surface area contributed by atoms with Gasteiger partial charge in [0.25, 0.3) is 0 Å². The molecule has 3 aromatic rings. The SMILES string of the molecule is CC(C)C1CN(C(C)C(C(N)=O)c2ccc(Cl)cc2)CCN1C(=O)C(Cc1ccc(F)cc1)NC(=O)C1Cc2ccccc2CN1. The summed E-state index contributed by atoms with van der Waals surface area (Å²) in [5.41, 5.74) is 9.73. The molecule has 5 unspecified atom stereocenters. The second kappa shape index (κ2) is 14.8. The second-order valence-corrected chi connectivity index (χ2v) is 13.2. The molecule has 0 aromatic heterocycles. The van der Waals surface area contributed by atoms with Crippen LogP contribution in [0.2, 0.25) is 5.02 Å². The number of nitrogens with one attached hydrogen (secondary N) is 2. The van der Waals surface area contributed by atoms with Crippen molar-refractivity contribution in [3.05, 3.63) is 106 Å². The van der Waals surface area contributed by atoms with Crippen LogP contribution in [-0.2, 0) is 33.8 Å². The number of benzene rings is 3. The molecule has 0 saturated carbocycles. The maximum absolute atomic E-state index is 14.4. The van der Waals surface area contributed by atoms with Gasteiger partial charge in [-0.25, -0.2) is 4.39 Å². The van der Waals surface area contributed by atoms with E-state index in [4.69, 9.17) is 17.3 Å². The van der Waals surface area contributed by atoms with Crippen LogP contribution in [0.1, 0.15) is 48.9 Å². The standard InChI is InChI=1S/C36H43ClFN5O3/c1-22(2)32-21-42(23(3)33(34(39)44)25-10-12-28(37)13-11-25)16-17-43(32)36(46)31(18-24-8-14-29(38)15-9-24)41-35(45)30-19-26-6-4-5-7-27(26)20-40-30/h4-15,22-23,30-33,40H,16-21H2,1-3H3,(H2,39,44)(H,41,45). The molecule has 46 heavy (non-hydrogen) atoms. The first-order chi connectivity index (χ1) is 22.0. The van der Waals surface area contributed by atoms with Gasteiger partial charge in [0.15, 0.2) is 0 Å². The number of nitrogens with two attached hydrogens (primary N) is 1. The molecule has 0 radical (unpaired) electrons. The van der Waals surface area contributed by atoms with E-state index in [-0.39, 0.29) is 42.1 Å². The van der Waals surface area contributed by atoms with Crippen molar-refractivity contribution in [1.29, 1.82) is 0 Å². The molecule has 10 heteroatoms. The predicted molar refractivity (Wildman–Crippen MR) is 178 cm³/mol. The molecule has 0 bridgehead atoms. The Morgan fingerprint density at radius 1 is 0.978 bits per heavy atom. The monoisotopic (exact) mass is 647 g/mol. The highest BCUT2D eigenvalue weighted by molar-refractivity contribution is 6.30. The molecule has 1 fully saturated rings. The third kappa shape index (κ3) is 7.77. The molecule has 0 aliphatic carbocycles. The van der Waals surface area contributed by atoms with Crippen LogP contribution in [0.15, 0.2) is 72.8 Å². The van der Waals surface area contributed by atoms with E-state index in [1.165, 1.54) is 12.1 Å². The van der Waals surface area contributed by atoms with Crippen LogP contribution in [0, 0.1) is 11.7 Å². The molecule has 3 aromatic carbocycles. The Morgan fingerprint density at radius 2 is 1.65 bits per heavy atom. The average Bonchev–Trinajstić information content (AvgIpc) is 3.05. The summed E-state index contributed by atoms with van der Waals surface area (Å²) in [5, 5.41) is 6.95. The van der Waals surface area contributed by atoms with Crippen molar-refractivity contribution in [3.63, 3.8) is 0 Å². The Bertz CT molecular complexity index is 1530. The minimum Gasteiger partial charge on any atom is -0.369 e. The minimum absolute atomic E-state index is 0.0974. The number of primary amides is 1. The molecule has 2 aliphatic rings. The quantitative estimate of drug-likeness (QED) is 0.308. The molecular weight excluding hydrogens is 605 g/mol. The molecule has 3 amide bonds. The van der Waals surface area contributed by atoms with Crippen LogP contribution < -0.4 is 16.4 Å². The van der Waals surface area contributed by atoms with E-state index in [0.717, 1.165) is 22.3 Å². The van der Waals surface area contributed by atoms with E-state index in [9.17, 15) is 18.8 Å². The zero-order valence-electron chi connectivity index (χ0n) is 26.6. The highest BCUT2D eigenvalue weighted by Crippen LogP contribution is 2.29. The molecule has 5 rings (SSSR count). The Kier molecular flexibility index (Phi) is 10.8. The molecule has 244 valence electrons. The van der Waals surface area contributed by atoms with Gasteiger partial charge in [-0.2, -0.15) is 0 Å². The van der Waals surface area contributed by atoms with E-state index >= 15 is 0 Å². The van der Waals surface area contributed by atoms with Gasteiger partial charge in [-0.05, 0) is 65.8 Å². The van der Waals surface area contributed by atoms with Crippen molar-refractivity contribution in [2.75, 3.05) is 19.6 Å². The van der Waals surface area contributed by atoms with Gasteiger partial charge in [0.1, 0.15) is 11.9 Å². The van der Waals surface area contributed by atoms with Crippen LogP contribution in [0.3, 0.4) is 0 Å². The van der Waals surface area contributed by atoms with E-state index in [1.54, 1.807) is 24.3 Å². The fourth-order valence-electron chi connectivity index (χ4n) is 6.78. The van der Waals surface area contributed by atoms with Crippen molar-refractivity contribution in [2.24, 2.45) is 11.7 Å². The summed E-state index contributed by atoms with van der Waals surface area (Å²) in [6.07, 6.45) is 0.759. The van der Waals surface area contributed by atoms with Crippen molar-refractivity contribution in [1.82, 2.24) is 20.4 Å². The van der Waals surface area contributed by atoms with Crippen LogP contribution >= 0.6 is 11.6 Å². The van der Waals surface area contributed by atoms with Crippen molar-refractivity contribution >= 4 is 29.3 Å². The number of nitrogens with zero attached hydrogens (tertiary/aromatic N) is 2. The fourth-order valence-corrected chi connectivity index (χ4v) is 6.90. The number of hydrogen-bond acceptors (Lipinski definition) is 5. The Labute approximate surface area is 275 Å². The van der Waals surface area contributed by atoms with Crippen molar-refractivity contribution in [2.45, 2.75) is 70.2 Å². The molecule has 0 spiro atoms. The maximum atomic E-state index is 14.4. The number of carbonyl (C=O) groups is 3. The van der Waals surface area contributed by atoms with Gasteiger partial charge in [0.2, 0.25) is 17.7 Å². The molecule has 4 N–H and O–H groups in total. The highest BCUT2D eigenvalue weighted by Gasteiger charge is 2.40. The largest absolute Gasteiger partial charge is 0.369 e. The molecular formula is C36H43ClFN5O3. The zero-order valence-corrected chi connectivity index (χ0v) is 27.3. The van der Waals surface area contributed by atoms with E-state index in [0.29, 0.717) is 37.6 Å². The van der Waals surface area contributed by atoms with Crippen LogP contribution in [0.4, 0.5) is 4.39 Å². The smallest absolute Gasteiger partial charge is 0.245 e. The van der Waals surface area contributed by atoms with Crippen molar-refractivity contribution in [3.8, 4) is 0 Å². The first-order valence-electron chi connectivity index (χ1n) is 16.0. The average molecular weight is 648 g/mol. The van der Waals surface area contributed by atoms with Crippen molar-refractivity contribution < 1.29 is 18.8 Å². The lowest BCUT2D eigenvalue weighted by Crippen LogP contribution is -2.64. The third-order valence-electron chi connectivity index (χ3n) is 9.46. The summed E-state index contributed by atoms with van der Waals surface area (Å²) in [6, 6.07) is 19.5. The van der Waals surface area contributed by atoms with Gasteiger partial charge < -0.3 is 21.3 Å². The second-order valence-electron chi connectivity index (χ2n) is 12.8. The third-order valence-corrected chi connectivity index (χ3v) is 9.71. The number of piperazine rings is 1. The van der Waals surface area contributed by atoms with Gasteiger partial charge in [0.05, 0.1) is 12.0 Å². The molecule has 8 nitrogen and oxygen atoms in total. The lowest BCUT2D eigenvalue weighted by atomic mass is 9.88. The molecule has 1 saturated heterocycles. The van der Waals surface area contributed by atoms with Gasteiger partial charge >= 0.3 is 0 Å². The number of amides is 3. The van der Waals surface area contributed by atoms with Crippen LogP contribution in [0.25, 0.3) is 0 Å². The summed E-state index contributed by atoms with van der Waals surface area (Å²) < 4.78 is 13.7. The number of carbonyl (C=O) groups excluding carboxylic acids is 3. The lowest BCUT2D eigenvalue weighted by molar-refractivity contribution is -0.143. The summed E-state index contributed by atoms with van der Waals surface area (Å²) in [5.74, 6) is -1.65. The molecule has 2 aliphatic heterocycles. The number of fused-ring (bicyclic) bond motifs is 1. The van der Waals surface area contributed by atoms with Crippen LogP contribution in [0.5, 0.6) is 0 Å². The van der Waals surface area contributed by atoms with Gasteiger partial charge in [-0.3, -0.25) is 19.3 Å². The van der Waals surface area contributed by atoms with Gasteiger partial charge in [-0.15, -0.1) is 0 Å². The van der Waals surface area contributed by atoms with E-state index in [1.807, 2.05) is 48.2 Å². The Morgan fingerprint density at radius 3 is 2.30 bits per heavy atom. The summed E-state index contributed by atoms with van der Waals surface area (Å²) in [7, 11) is 0. The van der Waals surface area contributed by atoms with Gasteiger partial charge in [0, 0.05) is 49.7 Å². The first kappa shape index (κ1) is 33.6. The molecule has 2 heterocycles. The van der Waals surface area contributed by atoms with E-state index < -0.39 is 23.9 Å². The van der Waals surface area contributed by atoms with Gasteiger partial charge in [-0.1, -0.05) is 74.0 Å². The normalized spacial score (nSPS) is 20.4. The predicted octanol–water partition coefficient (Wildman–Crippen LogP) is 4.05. The highest BCUT2D eigenvalue weighted by atomic mass is 35.5. The summed E-state index contributed by atoms with van der Waals surface area (Å²) >= 11 is 6.09. The number of halogens is 2. The summed E-state index contributed by atoms with van der Waals surface area (Å²) in [6.45, 7) is 8.20. The molecule has 5 atom stereocenters. The lowest BCUT2D eigenvalue weighted by Gasteiger charge is -2.47. The van der Waals surface area contributed by atoms with Crippen LogP contribution in [-0.4, -0.2) is 71.3 Å². The van der Waals surface area contributed by atoms with E-state index in [2.05, 4.69) is 29.4 Å². The fraction of sp³-hybridized carbons (Fsp3) is 0.417. The first-order valence-corrected chi connectivity index (χ1v) is 16.3. The summed E-state index contributed by atoms with van der Waals surface area (Å²) in [4.78, 5) is 44.8. The Balaban J connectivity index is 1.34. The number of hydrogen-bond donors (Lipinski definition) is 3. The topological polar surface area (TPSA) is 108 Å². The Hall–Kier alpha value is -3.79. The zero-order chi connectivity index (χ0) is 33.0. The maximum Gasteiger partial charge on any atom is 0.245 e. The minimum atomic E-state index is -0.838.